The maximum Gasteiger partial charge on any atom is 0.261 e. The van der Waals surface area contributed by atoms with Gasteiger partial charge in [-0.05, 0) is 52.0 Å². The van der Waals surface area contributed by atoms with Gasteiger partial charge in [-0.25, -0.2) is 0 Å². The minimum Gasteiger partial charge on any atom is -0.352 e. The van der Waals surface area contributed by atoms with Crippen molar-refractivity contribution in [1.82, 2.24) is 10.3 Å². The van der Waals surface area contributed by atoms with E-state index in [1.54, 1.807) is 17.4 Å². The summed E-state index contributed by atoms with van der Waals surface area (Å²) in [5.41, 5.74) is 0.508. The summed E-state index contributed by atoms with van der Waals surface area (Å²) < 4.78 is 1.07. The van der Waals surface area contributed by atoms with Crippen LogP contribution in [0.15, 0.2) is 51.0 Å². The molecule has 2 N–H and O–H groups in total. The van der Waals surface area contributed by atoms with Crippen molar-refractivity contribution in [2.45, 2.75) is 6.42 Å². The van der Waals surface area contributed by atoms with Crippen LogP contribution in [0.5, 0.6) is 0 Å². The van der Waals surface area contributed by atoms with E-state index in [4.69, 9.17) is 0 Å². The van der Waals surface area contributed by atoms with Crippen molar-refractivity contribution in [3.8, 4) is 0 Å². The number of thiophene rings is 1. The minimum atomic E-state index is -0.366. The van der Waals surface area contributed by atoms with Gasteiger partial charge in [0.25, 0.3) is 11.5 Å². The first kappa shape index (κ1) is 15.0. The summed E-state index contributed by atoms with van der Waals surface area (Å²) in [5, 5.41) is 3.64. The van der Waals surface area contributed by atoms with E-state index in [1.165, 1.54) is 4.88 Å². The minimum absolute atomic E-state index is 0.145. The van der Waals surface area contributed by atoms with Crippen molar-refractivity contribution in [3.63, 3.8) is 0 Å². The number of amides is 1. The summed E-state index contributed by atoms with van der Waals surface area (Å²) in [6.45, 7) is 0.498. The van der Waals surface area contributed by atoms with Gasteiger partial charge in [0.2, 0.25) is 0 Å². The molecule has 0 saturated heterocycles. The molecule has 6 heteroatoms. The van der Waals surface area contributed by atoms with Gasteiger partial charge >= 0.3 is 0 Å². The Morgan fingerprint density at radius 2 is 2.05 bits per heavy atom. The summed E-state index contributed by atoms with van der Waals surface area (Å²) in [4.78, 5) is 28.1. The number of benzene rings is 1. The first-order valence-electron chi connectivity index (χ1n) is 6.78. The van der Waals surface area contributed by atoms with Crippen molar-refractivity contribution in [1.29, 1.82) is 0 Å². The quantitative estimate of drug-likeness (QED) is 0.733. The highest BCUT2D eigenvalue weighted by Crippen LogP contribution is 2.22. The fourth-order valence-electron chi connectivity index (χ4n) is 2.20. The van der Waals surface area contributed by atoms with Crippen LogP contribution in [0.1, 0.15) is 15.2 Å². The molecule has 3 rings (SSSR count). The zero-order valence-corrected chi connectivity index (χ0v) is 14.0. The molecule has 1 aromatic carbocycles. The van der Waals surface area contributed by atoms with Gasteiger partial charge in [0.1, 0.15) is 5.56 Å². The second-order valence-electron chi connectivity index (χ2n) is 4.81. The molecular formula is C16H13BrN2O2S. The molecule has 0 fully saturated rings. The highest BCUT2D eigenvalue weighted by molar-refractivity contribution is 9.11. The number of halogens is 1. The van der Waals surface area contributed by atoms with Crippen LogP contribution < -0.4 is 10.9 Å². The fourth-order valence-corrected chi connectivity index (χ4v) is 3.68. The van der Waals surface area contributed by atoms with Crippen molar-refractivity contribution >= 4 is 44.1 Å². The molecule has 0 atom stereocenters. The molecule has 22 heavy (non-hydrogen) atoms. The average molecular weight is 377 g/mol. The molecule has 0 saturated carbocycles. The van der Waals surface area contributed by atoms with Crippen LogP contribution in [0.4, 0.5) is 0 Å². The van der Waals surface area contributed by atoms with Gasteiger partial charge in [-0.15, -0.1) is 11.3 Å². The molecule has 0 aliphatic rings. The summed E-state index contributed by atoms with van der Waals surface area (Å²) in [6.07, 6.45) is 0.744. The Kier molecular flexibility index (Phi) is 4.40. The number of fused-ring (bicyclic) bond motifs is 1. The van der Waals surface area contributed by atoms with E-state index in [2.05, 4.69) is 26.2 Å². The summed E-state index contributed by atoms with van der Waals surface area (Å²) in [5.74, 6) is -0.345. The average Bonchev–Trinajstić information content (AvgIpc) is 2.92. The number of carbonyl (C=O) groups is 1. The molecule has 0 unspecified atom stereocenters. The van der Waals surface area contributed by atoms with E-state index in [9.17, 15) is 9.59 Å². The zero-order valence-electron chi connectivity index (χ0n) is 11.6. The molecule has 0 aliphatic heterocycles. The van der Waals surface area contributed by atoms with Crippen LogP contribution in [0, 0.1) is 0 Å². The third-order valence-electron chi connectivity index (χ3n) is 3.28. The summed E-state index contributed by atoms with van der Waals surface area (Å²) in [6, 6.07) is 13.0. The predicted octanol–water partition coefficient (Wildman–Crippen LogP) is 3.32. The maximum atomic E-state index is 12.2. The first-order chi connectivity index (χ1) is 10.6. The number of hydrogen-bond acceptors (Lipinski definition) is 3. The second kappa shape index (κ2) is 6.46. The molecular weight excluding hydrogens is 364 g/mol. The van der Waals surface area contributed by atoms with Gasteiger partial charge in [0.05, 0.1) is 3.79 Å². The van der Waals surface area contributed by atoms with Gasteiger partial charge in [-0.1, -0.05) is 18.2 Å². The van der Waals surface area contributed by atoms with E-state index in [1.807, 2.05) is 36.4 Å². The standard InChI is InChI=1S/C16H13BrN2O2S/c17-14-6-5-11(22-14)7-8-18-15(20)12-9-10-3-1-2-4-13(10)19-16(12)21/h1-6,9H,7-8H2,(H,18,20)(H,19,21). The molecule has 112 valence electrons. The number of aromatic nitrogens is 1. The molecule has 0 aliphatic carbocycles. The maximum absolute atomic E-state index is 12.2. The molecule has 0 spiro atoms. The summed E-state index contributed by atoms with van der Waals surface area (Å²) in [7, 11) is 0. The Bertz CT molecular complexity index is 885. The van der Waals surface area contributed by atoms with Crippen molar-refractivity contribution in [2.75, 3.05) is 6.54 Å². The number of carbonyl (C=O) groups excluding carboxylic acids is 1. The van der Waals surface area contributed by atoms with Gasteiger partial charge < -0.3 is 10.3 Å². The number of para-hydroxylation sites is 1. The third kappa shape index (κ3) is 3.28. The van der Waals surface area contributed by atoms with Gasteiger partial charge in [0, 0.05) is 16.9 Å². The largest absolute Gasteiger partial charge is 0.352 e. The Hall–Kier alpha value is -1.92. The Morgan fingerprint density at radius 1 is 1.23 bits per heavy atom. The van der Waals surface area contributed by atoms with E-state index in [-0.39, 0.29) is 17.0 Å². The van der Waals surface area contributed by atoms with Gasteiger partial charge in [0.15, 0.2) is 0 Å². The van der Waals surface area contributed by atoms with Crippen LogP contribution >= 0.6 is 27.3 Å². The van der Waals surface area contributed by atoms with E-state index in [0.717, 1.165) is 21.1 Å². The van der Waals surface area contributed by atoms with E-state index < -0.39 is 0 Å². The smallest absolute Gasteiger partial charge is 0.261 e. The molecule has 0 bridgehead atoms. The highest BCUT2D eigenvalue weighted by Gasteiger charge is 2.11. The number of aromatic amines is 1. The van der Waals surface area contributed by atoms with E-state index >= 15 is 0 Å². The van der Waals surface area contributed by atoms with Crippen LogP contribution in [0.3, 0.4) is 0 Å². The predicted molar refractivity (Wildman–Crippen MR) is 92.6 cm³/mol. The monoisotopic (exact) mass is 376 g/mol. The van der Waals surface area contributed by atoms with Crippen LogP contribution in [0.25, 0.3) is 10.9 Å². The molecule has 3 aromatic rings. The molecule has 2 aromatic heterocycles. The third-order valence-corrected chi connectivity index (χ3v) is 4.97. The number of H-pyrrole nitrogens is 1. The lowest BCUT2D eigenvalue weighted by molar-refractivity contribution is 0.0953. The van der Waals surface area contributed by atoms with Crippen LogP contribution in [-0.4, -0.2) is 17.4 Å². The molecule has 2 heterocycles. The van der Waals surface area contributed by atoms with Gasteiger partial charge in [-0.3, -0.25) is 9.59 Å². The Labute approximate surface area is 139 Å². The SMILES string of the molecule is O=C(NCCc1ccc(Br)s1)c1cc2ccccc2[nH]c1=O. The highest BCUT2D eigenvalue weighted by atomic mass is 79.9. The fraction of sp³-hybridized carbons (Fsp3) is 0.125. The normalized spacial score (nSPS) is 10.8. The molecule has 0 radical (unpaired) electrons. The lowest BCUT2D eigenvalue weighted by Crippen LogP contribution is -2.30. The van der Waals surface area contributed by atoms with Crippen molar-refractivity contribution < 1.29 is 4.79 Å². The van der Waals surface area contributed by atoms with Crippen LogP contribution in [0.2, 0.25) is 0 Å². The Morgan fingerprint density at radius 3 is 2.82 bits per heavy atom. The Balaban J connectivity index is 1.72. The summed E-state index contributed by atoms with van der Waals surface area (Å²) >= 11 is 5.05. The van der Waals surface area contributed by atoms with Crippen molar-refractivity contribution in [2.24, 2.45) is 0 Å². The van der Waals surface area contributed by atoms with Crippen LogP contribution in [-0.2, 0) is 6.42 Å². The number of nitrogens with one attached hydrogen (secondary N) is 2. The lowest BCUT2D eigenvalue weighted by atomic mass is 10.1. The zero-order chi connectivity index (χ0) is 15.5. The second-order valence-corrected chi connectivity index (χ2v) is 7.36. The van der Waals surface area contributed by atoms with Gasteiger partial charge in [-0.2, -0.15) is 0 Å². The van der Waals surface area contributed by atoms with Crippen molar-refractivity contribution in [3.05, 3.63) is 67.0 Å². The topological polar surface area (TPSA) is 62.0 Å². The number of rotatable bonds is 4. The lowest BCUT2D eigenvalue weighted by Gasteiger charge is -2.05. The number of hydrogen-bond donors (Lipinski definition) is 2. The molecule has 1 amide bonds. The molecule has 4 nitrogen and oxygen atoms in total. The van der Waals surface area contributed by atoms with E-state index in [0.29, 0.717) is 6.54 Å². The number of pyridine rings is 1. The first-order valence-corrected chi connectivity index (χ1v) is 8.39.